The normalized spacial score (nSPS) is 17.5. The first-order valence-electron chi connectivity index (χ1n) is 7.09. The van der Waals surface area contributed by atoms with Gasteiger partial charge in [0.05, 0.1) is 10.5 Å². The minimum absolute atomic E-state index is 0.152. The molecule has 120 valence electrons. The van der Waals surface area contributed by atoms with Crippen molar-refractivity contribution in [2.75, 3.05) is 0 Å². The van der Waals surface area contributed by atoms with Crippen molar-refractivity contribution < 1.29 is 18.0 Å². The van der Waals surface area contributed by atoms with Crippen molar-refractivity contribution in [2.45, 2.75) is 0 Å². The van der Waals surface area contributed by atoms with E-state index in [4.69, 9.17) is 11.6 Å². The van der Waals surface area contributed by atoms with Crippen LogP contribution in [-0.2, 0) is 0 Å². The van der Waals surface area contributed by atoms with E-state index in [2.05, 4.69) is 0 Å². The molecular weight excluding hydrogens is 338 g/mol. The molecule has 0 saturated carbocycles. The van der Waals surface area contributed by atoms with E-state index in [1.807, 2.05) is 0 Å². The van der Waals surface area contributed by atoms with Gasteiger partial charge in [0.25, 0.3) is 5.69 Å². The smallest absolute Gasteiger partial charge is 0.396 e. The minimum atomic E-state index is -4.01. The Kier molecular flexibility index (Phi) is 3.01. The van der Waals surface area contributed by atoms with Gasteiger partial charge in [0, 0.05) is 40.6 Å². The Morgan fingerprint density at radius 3 is 2.83 bits per heavy atom. The van der Waals surface area contributed by atoms with E-state index in [0.717, 1.165) is 8.96 Å². The summed E-state index contributed by atoms with van der Waals surface area (Å²) in [5.41, 5.74) is 1.17. The third-order valence-corrected chi connectivity index (χ3v) is 4.50. The molecule has 0 saturated heterocycles. The molecule has 3 heterocycles. The highest BCUT2D eigenvalue weighted by Crippen LogP contribution is 2.41. The standard InChI is InChI=1S/C15H9BClF2N3O2/c17-12-6-5-10(22(23)24)9-11(12)15-13-3-1-7-20(13)16(18,19)21-8-2-4-14(15)21/h1-9H. The van der Waals surface area contributed by atoms with Gasteiger partial charge in [0.15, 0.2) is 5.70 Å². The maximum atomic E-state index is 14.7. The summed E-state index contributed by atoms with van der Waals surface area (Å²) in [4.78, 5) is 10.5. The van der Waals surface area contributed by atoms with Crippen molar-refractivity contribution in [1.29, 1.82) is 0 Å². The van der Waals surface area contributed by atoms with Crippen molar-refractivity contribution in [3.8, 4) is 0 Å². The number of non-ortho nitro benzene ring substituents is 1. The summed E-state index contributed by atoms with van der Waals surface area (Å²) < 4.78 is 31.1. The van der Waals surface area contributed by atoms with Gasteiger partial charge in [-0.25, -0.2) is 0 Å². The van der Waals surface area contributed by atoms with Gasteiger partial charge in [-0.15, -0.1) is 0 Å². The predicted molar refractivity (Wildman–Crippen MR) is 87.4 cm³/mol. The van der Waals surface area contributed by atoms with Crippen molar-refractivity contribution in [3.05, 3.63) is 80.8 Å². The molecular formula is C15H9BClF2N3O2. The topological polar surface area (TPSA) is 51.1 Å². The number of hydrogen-bond donors (Lipinski definition) is 0. The molecule has 9 heteroatoms. The lowest BCUT2D eigenvalue weighted by molar-refractivity contribution is -0.384. The quantitative estimate of drug-likeness (QED) is 0.472. The second-order valence-corrected chi connectivity index (χ2v) is 5.89. The summed E-state index contributed by atoms with van der Waals surface area (Å²) in [6.45, 7) is -4.01. The van der Waals surface area contributed by atoms with E-state index < -0.39 is 11.9 Å². The fourth-order valence-electron chi connectivity index (χ4n) is 3.11. The van der Waals surface area contributed by atoms with Crippen LogP contribution in [-0.4, -0.2) is 27.1 Å². The minimum Gasteiger partial charge on any atom is -0.396 e. The Morgan fingerprint density at radius 2 is 2.08 bits per heavy atom. The second kappa shape index (κ2) is 4.88. The summed E-state index contributed by atoms with van der Waals surface area (Å²) in [5.74, 6) is 0. The van der Waals surface area contributed by atoms with Gasteiger partial charge >= 0.3 is 6.97 Å². The number of rotatable bonds is 2. The monoisotopic (exact) mass is 347 g/mol. The zero-order chi connectivity index (χ0) is 17.1. The number of allylic oxidation sites excluding steroid dienone is 2. The van der Waals surface area contributed by atoms with E-state index >= 15 is 0 Å². The third kappa shape index (κ3) is 1.89. The lowest BCUT2D eigenvalue weighted by atomic mass is 9.86. The van der Waals surface area contributed by atoms with Gasteiger partial charge in [-0.05, 0) is 24.4 Å². The van der Waals surface area contributed by atoms with Crippen LogP contribution in [0.15, 0.2) is 54.4 Å². The van der Waals surface area contributed by atoms with Crippen LogP contribution in [0.25, 0.3) is 5.57 Å². The zero-order valence-corrected chi connectivity index (χ0v) is 12.8. The molecule has 2 aliphatic rings. The van der Waals surface area contributed by atoms with Gasteiger partial charge in [0.2, 0.25) is 0 Å². The lowest BCUT2D eigenvalue weighted by Gasteiger charge is -2.31. The molecule has 24 heavy (non-hydrogen) atoms. The maximum absolute atomic E-state index is 14.7. The second-order valence-electron chi connectivity index (χ2n) is 5.49. The van der Waals surface area contributed by atoms with Crippen LogP contribution < -0.4 is 0 Å². The largest absolute Gasteiger partial charge is 0.737 e. The summed E-state index contributed by atoms with van der Waals surface area (Å²) in [7, 11) is 0. The SMILES string of the molecule is O=[N+]([O-])c1ccc(Cl)c(C2=C3C=CC=[N+]3[B-](F)(F)n3cccc32)c1. The molecule has 0 bridgehead atoms. The average Bonchev–Trinajstić information content (AvgIpc) is 3.19. The number of aromatic nitrogens is 1. The third-order valence-electron chi connectivity index (χ3n) is 4.17. The predicted octanol–water partition coefficient (Wildman–Crippen LogP) is 3.70. The van der Waals surface area contributed by atoms with E-state index in [1.54, 1.807) is 12.1 Å². The fourth-order valence-corrected chi connectivity index (χ4v) is 3.32. The van der Waals surface area contributed by atoms with Crippen LogP contribution in [0, 0.1) is 10.1 Å². The fraction of sp³-hybridized carbons (Fsp3) is 0. The molecule has 2 aliphatic heterocycles. The van der Waals surface area contributed by atoms with Gasteiger partial charge in [-0.1, -0.05) is 11.6 Å². The molecule has 1 aromatic heterocycles. The van der Waals surface area contributed by atoms with Crippen LogP contribution in [0.3, 0.4) is 0 Å². The highest BCUT2D eigenvalue weighted by molar-refractivity contribution is 6.57. The van der Waals surface area contributed by atoms with Gasteiger partial charge < -0.3 is 17.6 Å². The van der Waals surface area contributed by atoms with Crippen molar-refractivity contribution in [3.63, 3.8) is 0 Å². The lowest BCUT2D eigenvalue weighted by Crippen LogP contribution is -2.49. The molecule has 0 fully saturated rings. The van der Waals surface area contributed by atoms with E-state index in [-0.39, 0.29) is 22.1 Å². The van der Waals surface area contributed by atoms with Crippen molar-refractivity contribution in [1.82, 2.24) is 4.48 Å². The van der Waals surface area contributed by atoms with Gasteiger partial charge in [-0.2, -0.15) is 0 Å². The molecule has 0 unspecified atom stereocenters. The number of halogens is 3. The first-order valence-corrected chi connectivity index (χ1v) is 7.47. The summed E-state index contributed by atoms with van der Waals surface area (Å²) in [6, 6.07) is 7.06. The highest BCUT2D eigenvalue weighted by Gasteiger charge is 2.51. The van der Waals surface area contributed by atoms with E-state index in [1.165, 1.54) is 42.8 Å². The van der Waals surface area contributed by atoms with E-state index in [9.17, 15) is 18.7 Å². The van der Waals surface area contributed by atoms with Crippen LogP contribution >= 0.6 is 11.6 Å². The van der Waals surface area contributed by atoms with Crippen LogP contribution in [0.1, 0.15) is 11.3 Å². The van der Waals surface area contributed by atoms with Crippen molar-refractivity contribution in [2.24, 2.45) is 0 Å². The van der Waals surface area contributed by atoms with Crippen LogP contribution in [0.4, 0.5) is 14.3 Å². The number of benzene rings is 1. The Hall–Kier alpha value is -2.74. The van der Waals surface area contributed by atoms with Crippen molar-refractivity contribution >= 4 is 36.0 Å². The maximum Gasteiger partial charge on any atom is 0.737 e. The first-order chi connectivity index (χ1) is 11.4. The number of nitrogens with zero attached hydrogens (tertiary/aromatic N) is 3. The average molecular weight is 348 g/mol. The number of hydrogen-bond acceptors (Lipinski definition) is 2. The zero-order valence-electron chi connectivity index (χ0n) is 12.1. The summed E-state index contributed by atoms with van der Waals surface area (Å²) in [5, 5.41) is 11.3. The summed E-state index contributed by atoms with van der Waals surface area (Å²) >= 11 is 6.23. The van der Waals surface area contributed by atoms with Gasteiger partial charge in [-0.3, -0.25) is 10.1 Å². The molecule has 2 aromatic rings. The number of nitro groups is 1. The molecule has 5 nitrogen and oxygen atoms in total. The van der Waals surface area contributed by atoms with Crippen LogP contribution in [0.5, 0.6) is 0 Å². The molecule has 0 spiro atoms. The molecule has 1 aromatic carbocycles. The Morgan fingerprint density at radius 1 is 1.29 bits per heavy atom. The molecule has 0 aliphatic carbocycles. The molecule has 0 amide bonds. The molecule has 0 N–H and O–H groups in total. The molecule has 0 radical (unpaired) electrons. The summed E-state index contributed by atoms with van der Waals surface area (Å²) in [6.07, 6.45) is 5.66. The molecule has 0 atom stereocenters. The Bertz CT molecular complexity index is 994. The molecule has 4 rings (SSSR count). The Labute approximate surface area is 140 Å². The number of fused-ring (bicyclic) bond motifs is 2. The Balaban J connectivity index is 2.06. The van der Waals surface area contributed by atoms with E-state index in [0.29, 0.717) is 11.1 Å². The highest BCUT2D eigenvalue weighted by atomic mass is 35.5. The number of nitro benzene ring substituents is 1. The van der Waals surface area contributed by atoms with Gasteiger partial charge in [0.1, 0.15) is 6.21 Å². The first kappa shape index (κ1) is 14.8. The van der Waals surface area contributed by atoms with Crippen LogP contribution in [0.2, 0.25) is 5.02 Å².